The molecule has 2 aliphatic rings. The molecule has 0 radical (unpaired) electrons. The van der Waals surface area contributed by atoms with Gasteiger partial charge in [0.05, 0.1) is 32.6 Å². The molecule has 2 aliphatic heterocycles. The number of carbonyl (C=O) groups excluding carboxylic acids is 2. The number of phenolic OH excluding ortho intramolecular Hbond substituents is 2. The van der Waals surface area contributed by atoms with E-state index in [0.717, 1.165) is 22.2 Å². The van der Waals surface area contributed by atoms with Crippen LogP contribution >= 0.6 is 0 Å². The lowest BCUT2D eigenvalue weighted by atomic mass is 10.0. The summed E-state index contributed by atoms with van der Waals surface area (Å²) < 4.78 is 134. The number of fused-ring (bicyclic) bond motifs is 2. The monoisotopic (exact) mass is 1010 g/mol. The lowest BCUT2D eigenvalue weighted by molar-refractivity contribution is -0.118. The van der Waals surface area contributed by atoms with Crippen molar-refractivity contribution in [2.24, 2.45) is 30.7 Å². The number of hydrogen-bond donors (Lipinski definition) is 6. The minimum Gasteiger partial charge on any atom is -0.506 e. The van der Waals surface area contributed by atoms with Gasteiger partial charge in [0.15, 0.2) is 12.1 Å². The molecular weight excluding hydrogens is 977 g/mol. The van der Waals surface area contributed by atoms with E-state index < -0.39 is 84.0 Å². The smallest absolute Gasteiger partial charge is 0.295 e. The van der Waals surface area contributed by atoms with Gasteiger partial charge in [-0.05, 0) is 109 Å². The summed E-state index contributed by atoms with van der Waals surface area (Å²) in [5.41, 5.74) is 1.05. The van der Waals surface area contributed by atoms with E-state index in [1.807, 2.05) is 0 Å². The van der Waals surface area contributed by atoms with E-state index in [1.54, 1.807) is 0 Å². The highest BCUT2D eigenvalue weighted by Crippen LogP contribution is 2.38. The number of hydrazone groups is 2. The number of amides is 2. The fourth-order valence-electron chi connectivity index (χ4n) is 7.14. The van der Waals surface area contributed by atoms with Gasteiger partial charge in [0.2, 0.25) is 0 Å². The first-order chi connectivity index (χ1) is 31.7. The molecule has 0 aliphatic carbocycles. The Kier molecular flexibility index (Phi) is 11.6. The SMILES string of the molecule is CC1=NN(c2ccc3c(S(=O)(=O)O)cc(S(=O)(=O)O)cc3c2)C(=O)C1N=Nc1ccc(-c2ccc(N=NC3C(=O)N(c4ccc5c(S(=O)(=O)O)cc(S(=O)(=O)O)cc5c4)N=C3C)c(O)c2)cc1O. The Hall–Kier alpha value is -7.44. The van der Waals surface area contributed by atoms with E-state index in [-0.39, 0.29) is 67.2 Å². The zero-order valence-electron chi connectivity index (χ0n) is 34.4. The van der Waals surface area contributed by atoms with Gasteiger partial charge >= 0.3 is 0 Å². The van der Waals surface area contributed by atoms with Gasteiger partial charge in [-0.25, -0.2) is 0 Å². The van der Waals surface area contributed by atoms with Crippen molar-refractivity contribution in [2.45, 2.75) is 45.5 Å². The molecular formula is C40H30N8O16S4. The number of rotatable bonds is 11. The van der Waals surface area contributed by atoms with Crippen molar-refractivity contribution >= 4 is 108 Å². The molecule has 68 heavy (non-hydrogen) atoms. The average Bonchev–Trinajstić information content (AvgIpc) is 3.70. The highest BCUT2D eigenvalue weighted by molar-refractivity contribution is 7.87. The fourth-order valence-corrected chi connectivity index (χ4v) is 9.86. The fraction of sp³-hybridized carbons (Fsp3) is 0.100. The van der Waals surface area contributed by atoms with Crippen LogP contribution in [0.5, 0.6) is 11.5 Å². The Bertz CT molecular complexity index is 3580. The number of benzene rings is 6. The molecule has 2 amide bonds. The van der Waals surface area contributed by atoms with Crippen LogP contribution in [0.25, 0.3) is 32.7 Å². The van der Waals surface area contributed by atoms with E-state index >= 15 is 0 Å². The van der Waals surface area contributed by atoms with Gasteiger partial charge in [0.25, 0.3) is 52.3 Å². The van der Waals surface area contributed by atoms with Crippen LogP contribution in [0, 0.1) is 0 Å². The lowest BCUT2D eigenvalue weighted by Gasteiger charge is -2.14. The molecule has 0 spiro atoms. The molecule has 6 N–H and O–H groups in total. The molecule has 2 heterocycles. The third-order valence-corrected chi connectivity index (χ3v) is 13.9. The number of anilines is 2. The number of hydrogen-bond acceptors (Lipinski definition) is 18. The molecule has 0 fully saturated rings. The predicted molar refractivity (Wildman–Crippen MR) is 240 cm³/mol. The molecule has 24 nitrogen and oxygen atoms in total. The zero-order valence-corrected chi connectivity index (χ0v) is 37.6. The van der Waals surface area contributed by atoms with E-state index in [0.29, 0.717) is 23.3 Å². The van der Waals surface area contributed by atoms with E-state index in [1.165, 1.54) is 86.6 Å². The molecule has 2 unspecified atom stereocenters. The quantitative estimate of drug-likeness (QED) is 0.0659. The molecule has 0 saturated carbocycles. The Labute approximate surface area is 383 Å². The van der Waals surface area contributed by atoms with Crippen molar-refractivity contribution in [3.05, 3.63) is 97.1 Å². The second kappa shape index (κ2) is 16.7. The van der Waals surface area contributed by atoms with Crippen LogP contribution in [0.15, 0.2) is 147 Å². The van der Waals surface area contributed by atoms with Crippen LogP contribution in [0.2, 0.25) is 0 Å². The minimum absolute atomic E-state index is 0.0433. The predicted octanol–water partition coefficient (Wildman–Crippen LogP) is 5.81. The Morgan fingerprint density at radius 3 is 1.18 bits per heavy atom. The summed E-state index contributed by atoms with van der Waals surface area (Å²) in [6, 6.07) is 16.3. The zero-order chi connectivity index (χ0) is 49.4. The number of phenols is 2. The third-order valence-electron chi connectivity index (χ3n) is 10.4. The summed E-state index contributed by atoms with van der Waals surface area (Å²) in [5, 5.41) is 47.7. The summed E-state index contributed by atoms with van der Waals surface area (Å²) >= 11 is 0. The van der Waals surface area contributed by atoms with Crippen LogP contribution in [0.1, 0.15) is 13.8 Å². The maximum absolute atomic E-state index is 13.5. The first-order valence-electron chi connectivity index (χ1n) is 19.0. The normalized spacial score (nSPS) is 17.3. The molecule has 350 valence electrons. The van der Waals surface area contributed by atoms with Crippen LogP contribution in [0.4, 0.5) is 22.7 Å². The average molecular weight is 1010 g/mol. The van der Waals surface area contributed by atoms with Crippen molar-refractivity contribution in [1.29, 1.82) is 0 Å². The van der Waals surface area contributed by atoms with Gasteiger partial charge in [-0.3, -0.25) is 27.8 Å². The van der Waals surface area contributed by atoms with Gasteiger partial charge in [-0.15, -0.1) is 0 Å². The van der Waals surface area contributed by atoms with Gasteiger partial charge in [-0.1, -0.05) is 24.3 Å². The maximum Gasteiger partial charge on any atom is 0.295 e. The largest absolute Gasteiger partial charge is 0.506 e. The highest BCUT2D eigenvalue weighted by atomic mass is 32.2. The second-order valence-corrected chi connectivity index (χ2v) is 20.6. The Morgan fingerprint density at radius 1 is 0.485 bits per heavy atom. The molecule has 6 aromatic carbocycles. The Morgan fingerprint density at radius 2 is 0.853 bits per heavy atom. The van der Waals surface area contributed by atoms with E-state index in [2.05, 4.69) is 30.7 Å². The molecule has 0 bridgehead atoms. The number of nitrogens with zero attached hydrogens (tertiary/aromatic N) is 8. The second-order valence-electron chi connectivity index (χ2n) is 15.0. The lowest BCUT2D eigenvalue weighted by Crippen LogP contribution is -2.29. The summed E-state index contributed by atoms with van der Waals surface area (Å²) in [5.74, 6) is -2.21. The van der Waals surface area contributed by atoms with Crippen LogP contribution in [0.3, 0.4) is 0 Å². The number of aromatic hydroxyl groups is 2. The first-order valence-corrected chi connectivity index (χ1v) is 24.8. The van der Waals surface area contributed by atoms with E-state index in [9.17, 15) is 71.7 Å². The number of azo groups is 2. The molecule has 28 heteroatoms. The summed E-state index contributed by atoms with van der Waals surface area (Å²) in [6.45, 7) is 2.94. The molecule has 2 atom stereocenters. The number of carbonyl (C=O) groups is 2. The summed E-state index contributed by atoms with van der Waals surface area (Å²) in [7, 11) is -19.7. The third kappa shape index (κ3) is 9.03. The minimum atomic E-state index is -4.95. The molecule has 8 rings (SSSR count). The summed E-state index contributed by atoms with van der Waals surface area (Å²) in [6.07, 6.45) is 0. The van der Waals surface area contributed by atoms with Crippen molar-refractivity contribution in [2.75, 3.05) is 10.0 Å². The topological polar surface area (TPSA) is 373 Å². The van der Waals surface area contributed by atoms with Crippen molar-refractivity contribution in [3.8, 4) is 22.6 Å². The molecule has 6 aromatic rings. The maximum atomic E-state index is 13.5. The first kappa shape index (κ1) is 47.1. The molecule has 0 aromatic heterocycles. The Balaban J connectivity index is 0.963. The van der Waals surface area contributed by atoms with Crippen molar-refractivity contribution in [3.63, 3.8) is 0 Å². The van der Waals surface area contributed by atoms with E-state index in [4.69, 9.17) is 0 Å². The highest BCUT2D eigenvalue weighted by Gasteiger charge is 2.37. The summed E-state index contributed by atoms with van der Waals surface area (Å²) in [4.78, 5) is 23.7. The van der Waals surface area contributed by atoms with Gasteiger partial charge < -0.3 is 10.2 Å². The van der Waals surface area contributed by atoms with Crippen LogP contribution in [-0.4, -0.2) is 97.4 Å². The van der Waals surface area contributed by atoms with Crippen molar-refractivity contribution in [1.82, 2.24) is 0 Å². The van der Waals surface area contributed by atoms with Crippen LogP contribution in [-0.2, 0) is 50.1 Å². The molecule has 0 saturated heterocycles. The van der Waals surface area contributed by atoms with Crippen molar-refractivity contribution < 1.29 is 71.7 Å². The standard InChI is InChI=1S/C40H30N8O16S4/c1-19-37(39(51)47(45-19)25-5-7-29-23(11-25)13-27(65(53,54)55)17-35(29)67(59,60)61)43-41-31-9-3-21(15-33(31)49)22-4-10-32(34(50)16-22)42-44-38-20(2)46-48(40(38)52)26-6-8-30-24(12-26)14-28(66(56,57)58)18-36(30)68(62,63)64/h3-18,37-38,49-50H,1-2H3,(H,53,54,55)(H,56,57,58)(H,59,60,61)(H,62,63,64). The van der Waals surface area contributed by atoms with Gasteiger partial charge in [0, 0.05) is 10.8 Å². The van der Waals surface area contributed by atoms with Gasteiger partial charge in [-0.2, -0.15) is 74.3 Å². The van der Waals surface area contributed by atoms with Gasteiger partial charge in [0.1, 0.15) is 32.7 Å². The van der Waals surface area contributed by atoms with Crippen LogP contribution < -0.4 is 10.0 Å².